The average Bonchev–Trinajstić information content (AvgIpc) is 2.29. The van der Waals surface area contributed by atoms with Gasteiger partial charge in [-0.2, -0.15) is 0 Å². The Hall–Kier alpha value is 0.01000. The lowest BCUT2D eigenvalue weighted by molar-refractivity contribution is 0.195. The zero-order valence-electron chi connectivity index (χ0n) is 9.68. The molecule has 96 valence electrons. The van der Waals surface area contributed by atoms with Crippen molar-refractivity contribution in [1.29, 1.82) is 0 Å². The first kappa shape index (κ1) is 15.1. The highest BCUT2D eigenvalue weighted by Gasteiger charge is 2.04. The van der Waals surface area contributed by atoms with E-state index in [1.807, 2.05) is 6.07 Å². The van der Waals surface area contributed by atoms with Crippen molar-refractivity contribution < 1.29 is 4.74 Å². The lowest BCUT2D eigenvalue weighted by Crippen LogP contribution is -2.20. The van der Waals surface area contributed by atoms with E-state index >= 15 is 0 Å². The third-order valence-electron chi connectivity index (χ3n) is 2.31. The SMILES string of the molecule is COCC(Cl)CCNCc1cc(Cl)ccc1Cl. The van der Waals surface area contributed by atoms with Gasteiger partial charge in [-0.1, -0.05) is 23.2 Å². The average molecular weight is 297 g/mol. The predicted octanol–water partition coefficient (Wildman–Crippen LogP) is 3.73. The van der Waals surface area contributed by atoms with Crippen molar-refractivity contribution in [2.24, 2.45) is 0 Å². The van der Waals surface area contributed by atoms with Crippen LogP contribution in [0.3, 0.4) is 0 Å². The predicted molar refractivity (Wildman–Crippen MR) is 74.3 cm³/mol. The van der Waals surface area contributed by atoms with E-state index in [4.69, 9.17) is 39.5 Å². The van der Waals surface area contributed by atoms with Crippen LogP contribution >= 0.6 is 34.8 Å². The second-order valence-corrected chi connectivity index (χ2v) is 5.21. The lowest BCUT2D eigenvalue weighted by Gasteiger charge is -2.10. The number of halogens is 3. The number of hydrogen-bond acceptors (Lipinski definition) is 2. The van der Waals surface area contributed by atoms with Gasteiger partial charge in [0.25, 0.3) is 0 Å². The molecule has 1 rings (SSSR count). The van der Waals surface area contributed by atoms with Crippen molar-refractivity contribution in [3.63, 3.8) is 0 Å². The van der Waals surface area contributed by atoms with Gasteiger partial charge >= 0.3 is 0 Å². The minimum Gasteiger partial charge on any atom is -0.383 e. The Morgan fingerprint density at radius 3 is 2.82 bits per heavy atom. The topological polar surface area (TPSA) is 21.3 Å². The van der Waals surface area contributed by atoms with Crippen LogP contribution in [0.25, 0.3) is 0 Å². The van der Waals surface area contributed by atoms with Crippen LogP contribution in [0, 0.1) is 0 Å². The van der Waals surface area contributed by atoms with Crippen molar-refractivity contribution in [2.45, 2.75) is 18.3 Å². The van der Waals surface area contributed by atoms with Gasteiger partial charge in [0.2, 0.25) is 0 Å². The van der Waals surface area contributed by atoms with Crippen molar-refractivity contribution in [3.05, 3.63) is 33.8 Å². The molecule has 1 atom stereocenters. The van der Waals surface area contributed by atoms with Crippen molar-refractivity contribution >= 4 is 34.8 Å². The van der Waals surface area contributed by atoms with E-state index in [2.05, 4.69) is 5.32 Å². The molecule has 0 aromatic heterocycles. The van der Waals surface area contributed by atoms with E-state index in [0.717, 1.165) is 23.6 Å². The molecule has 1 N–H and O–H groups in total. The molecule has 1 aromatic rings. The van der Waals surface area contributed by atoms with Gasteiger partial charge in [0.05, 0.1) is 12.0 Å². The largest absolute Gasteiger partial charge is 0.383 e. The number of benzene rings is 1. The van der Waals surface area contributed by atoms with E-state index in [1.54, 1.807) is 19.2 Å². The van der Waals surface area contributed by atoms with Crippen LogP contribution in [0.4, 0.5) is 0 Å². The quantitative estimate of drug-likeness (QED) is 0.611. The molecule has 0 radical (unpaired) electrons. The van der Waals surface area contributed by atoms with Gasteiger partial charge in [-0.3, -0.25) is 0 Å². The van der Waals surface area contributed by atoms with Crippen molar-refractivity contribution in [3.8, 4) is 0 Å². The Morgan fingerprint density at radius 1 is 1.35 bits per heavy atom. The minimum atomic E-state index is 0.0438. The molecule has 0 amide bonds. The van der Waals surface area contributed by atoms with Gasteiger partial charge in [0, 0.05) is 23.7 Å². The Balaban J connectivity index is 2.28. The van der Waals surface area contributed by atoms with E-state index < -0.39 is 0 Å². The Bertz CT molecular complexity index is 347. The van der Waals surface area contributed by atoms with E-state index in [0.29, 0.717) is 18.2 Å². The van der Waals surface area contributed by atoms with Crippen LogP contribution in [-0.2, 0) is 11.3 Å². The van der Waals surface area contributed by atoms with Gasteiger partial charge in [0.1, 0.15) is 0 Å². The van der Waals surface area contributed by atoms with E-state index in [1.165, 1.54) is 0 Å². The molecule has 0 bridgehead atoms. The number of hydrogen-bond donors (Lipinski definition) is 1. The summed E-state index contributed by atoms with van der Waals surface area (Å²) in [5.74, 6) is 0. The fourth-order valence-electron chi connectivity index (χ4n) is 1.42. The monoisotopic (exact) mass is 295 g/mol. The highest BCUT2D eigenvalue weighted by Crippen LogP contribution is 2.20. The molecule has 2 nitrogen and oxygen atoms in total. The molecule has 0 fully saturated rings. The summed E-state index contributed by atoms with van der Waals surface area (Å²) in [5, 5.41) is 4.74. The number of ether oxygens (including phenoxy) is 1. The number of nitrogens with one attached hydrogen (secondary N) is 1. The van der Waals surface area contributed by atoms with E-state index in [-0.39, 0.29) is 5.38 Å². The van der Waals surface area contributed by atoms with Crippen molar-refractivity contribution in [2.75, 3.05) is 20.3 Å². The lowest BCUT2D eigenvalue weighted by atomic mass is 10.2. The molecule has 1 unspecified atom stereocenters. The molecule has 0 spiro atoms. The molecular formula is C12H16Cl3NO. The van der Waals surface area contributed by atoms with Gasteiger partial charge in [-0.05, 0) is 36.7 Å². The molecule has 0 aliphatic carbocycles. The number of methoxy groups -OCH3 is 1. The summed E-state index contributed by atoms with van der Waals surface area (Å²) < 4.78 is 4.96. The van der Waals surface area contributed by atoms with Crippen molar-refractivity contribution in [1.82, 2.24) is 5.32 Å². The summed E-state index contributed by atoms with van der Waals surface area (Å²) in [7, 11) is 1.65. The molecule has 1 aromatic carbocycles. The fourth-order valence-corrected chi connectivity index (χ4v) is 2.04. The van der Waals surface area contributed by atoms with Crippen LogP contribution in [0.2, 0.25) is 10.0 Å². The fraction of sp³-hybridized carbons (Fsp3) is 0.500. The maximum Gasteiger partial charge on any atom is 0.0626 e. The second kappa shape index (κ2) is 8.17. The third-order valence-corrected chi connectivity index (χ3v) is 3.25. The van der Waals surface area contributed by atoms with Crippen LogP contribution in [-0.4, -0.2) is 25.6 Å². The number of alkyl halides is 1. The molecular weight excluding hydrogens is 280 g/mol. The number of rotatable bonds is 7. The minimum absolute atomic E-state index is 0.0438. The summed E-state index contributed by atoms with van der Waals surface area (Å²) in [4.78, 5) is 0. The zero-order valence-corrected chi connectivity index (χ0v) is 11.9. The maximum absolute atomic E-state index is 6.04. The first-order chi connectivity index (χ1) is 8.13. The standard InChI is InChI=1S/C12H16Cl3NO/c1-17-8-11(14)4-5-16-7-9-6-10(13)2-3-12(9)15/h2-3,6,11,16H,4-5,7-8H2,1H3. The second-order valence-electron chi connectivity index (χ2n) is 3.75. The van der Waals surface area contributed by atoms with Crippen LogP contribution < -0.4 is 5.32 Å². The zero-order chi connectivity index (χ0) is 12.7. The smallest absolute Gasteiger partial charge is 0.0626 e. The normalized spacial score (nSPS) is 12.7. The van der Waals surface area contributed by atoms with Gasteiger partial charge in [0.15, 0.2) is 0 Å². The molecule has 0 saturated carbocycles. The molecule has 0 heterocycles. The first-order valence-corrected chi connectivity index (χ1v) is 6.60. The molecule has 0 saturated heterocycles. The third kappa shape index (κ3) is 5.94. The van der Waals surface area contributed by atoms with E-state index in [9.17, 15) is 0 Å². The highest BCUT2D eigenvalue weighted by atomic mass is 35.5. The highest BCUT2D eigenvalue weighted by molar-refractivity contribution is 6.33. The van der Waals surface area contributed by atoms with Crippen LogP contribution in [0.15, 0.2) is 18.2 Å². The summed E-state index contributed by atoms with van der Waals surface area (Å²) in [6.45, 7) is 2.08. The van der Waals surface area contributed by atoms with Gasteiger partial charge in [-0.25, -0.2) is 0 Å². The molecule has 0 aliphatic rings. The summed E-state index contributed by atoms with van der Waals surface area (Å²) >= 11 is 17.9. The molecule has 0 aliphatic heterocycles. The first-order valence-electron chi connectivity index (χ1n) is 5.41. The maximum atomic E-state index is 6.04. The van der Waals surface area contributed by atoms with Gasteiger partial charge in [-0.15, -0.1) is 11.6 Å². The van der Waals surface area contributed by atoms with Crippen LogP contribution in [0.5, 0.6) is 0 Å². The Morgan fingerprint density at radius 2 is 2.12 bits per heavy atom. The van der Waals surface area contributed by atoms with Gasteiger partial charge < -0.3 is 10.1 Å². The Kier molecular flexibility index (Phi) is 7.24. The Labute approximate surface area is 117 Å². The summed E-state index contributed by atoms with van der Waals surface area (Å²) in [6, 6.07) is 5.45. The summed E-state index contributed by atoms with van der Waals surface area (Å²) in [6.07, 6.45) is 0.855. The molecule has 5 heteroatoms. The van der Waals surface area contributed by atoms with Crippen LogP contribution in [0.1, 0.15) is 12.0 Å². The molecule has 17 heavy (non-hydrogen) atoms. The summed E-state index contributed by atoms with van der Waals surface area (Å²) in [5.41, 5.74) is 0.997.